The van der Waals surface area contributed by atoms with Crippen LogP contribution in [0.25, 0.3) is 139 Å². The summed E-state index contributed by atoms with van der Waals surface area (Å²) in [5.41, 5.74) is 41.6. The molecule has 0 aliphatic heterocycles. The largest absolute Gasteiger partial charge is 0.320 e. The van der Waals surface area contributed by atoms with E-state index in [-0.39, 0.29) is 80.5 Å². The molecular weight excluding hydrogens is 1150 g/mol. The number of nitrogens with one attached hydrogen (secondary N) is 6. The minimum absolute atomic E-state index is 0.0607. The summed E-state index contributed by atoms with van der Waals surface area (Å²) in [4.78, 5) is 87.1. The van der Waals surface area contributed by atoms with E-state index in [1.165, 1.54) is 72.3 Å². The van der Waals surface area contributed by atoms with Crippen molar-refractivity contribution in [3.63, 3.8) is 0 Å². The number of hydrogen-bond acceptors (Lipinski definition) is 20. The van der Waals surface area contributed by atoms with Crippen LogP contribution in [0.5, 0.6) is 0 Å². The van der Waals surface area contributed by atoms with Crippen molar-refractivity contribution in [2.75, 3.05) is 0 Å². The lowest BCUT2D eigenvalue weighted by Gasteiger charge is -2.16. The molecule has 0 aliphatic rings. The summed E-state index contributed by atoms with van der Waals surface area (Å²) in [6.07, 6.45) is 10.8. The van der Waals surface area contributed by atoms with Gasteiger partial charge in [0.2, 0.25) is 29.7 Å². The molecule has 0 amide bonds. The summed E-state index contributed by atoms with van der Waals surface area (Å²) in [6, 6.07) is 13.0. The smallest absolute Gasteiger partial charge is 0.284 e. The molecule has 0 aliphatic carbocycles. The Morgan fingerprint density at radius 1 is 0.348 bits per heavy atom. The van der Waals surface area contributed by atoms with Gasteiger partial charge in [-0.05, 0) is 30.3 Å². The summed E-state index contributed by atoms with van der Waals surface area (Å²) in [6.45, 7) is 0. The average Bonchev–Trinajstić information content (AvgIpc) is 1.52. The second kappa shape index (κ2) is 18.0. The minimum Gasteiger partial charge on any atom is -0.320 e. The maximum absolute atomic E-state index is 13.5. The molecule has 0 unspecified atom stereocenters. The van der Waals surface area contributed by atoms with Crippen LogP contribution in [-0.4, -0.2) is 123 Å². The summed E-state index contributed by atoms with van der Waals surface area (Å²) >= 11 is 0. The normalized spacial score (nSPS) is 12.0. The molecule has 16 aromatic rings. The predicted octanol–water partition coefficient (Wildman–Crippen LogP) is 2.03. The van der Waals surface area contributed by atoms with Gasteiger partial charge in [-0.1, -0.05) is 26.1 Å². The van der Waals surface area contributed by atoms with Crippen molar-refractivity contribution in [3.05, 3.63) is 144 Å². The van der Waals surface area contributed by atoms with Crippen LogP contribution < -0.4 is 56.5 Å². The summed E-state index contributed by atoms with van der Waals surface area (Å²) in [7, 11) is 6.28. The van der Waals surface area contributed by atoms with E-state index in [0.29, 0.717) is 82.3 Å². The van der Waals surface area contributed by atoms with Crippen molar-refractivity contribution in [1.29, 1.82) is 0 Å². The molecule has 89 heavy (non-hydrogen) atoms. The van der Waals surface area contributed by atoms with Crippen LogP contribution in [0.2, 0.25) is 0 Å². The van der Waals surface area contributed by atoms with Gasteiger partial charge in [0.05, 0.1) is 81.9 Å². The Kier molecular flexibility index (Phi) is 10.4. The van der Waals surface area contributed by atoms with Crippen molar-refractivity contribution < 1.29 is 0 Å². The zero-order valence-electron chi connectivity index (χ0n) is 45.9. The lowest BCUT2D eigenvalue weighted by molar-refractivity contribution is 0.800. The molecule has 35 heteroatoms. The number of rotatable bonds is 10. The molecule has 0 bridgehead atoms. The SMILES string of the molecule is Cn1cc(-c2cn(-c3cc4c(-n5cc(-c6cc(=O)[nH]c([NH])n6)nn5)cc5c(-n6cc(-c7cc(=O)nc([NH])n7C)nn6)cc6c(-n7cc(-c8cc(=O)nc([NH])n8C)nn7)cc7c(-n8cc(-c9cn(C)c([NH])nc9=O)nn8)cc3c3c4c5c6c73)nn2)c(=O)nc1[NH]. The summed E-state index contributed by atoms with van der Waals surface area (Å²) < 4.78 is 13.0. The van der Waals surface area contributed by atoms with Crippen molar-refractivity contribution in [2.24, 2.45) is 28.2 Å². The van der Waals surface area contributed by atoms with Crippen molar-refractivity contribution in [1.82, 2.24) is 152 Å². The van der Waals surface area contributed by atoms with Crippen LogP contribution >= 0.6 is 0 Å². The standard InChI is InChI=1S/C54H33N30O5/c1-76-13-25(48(88)64-51(76)56)28-15-80(71-66-28)33-5-20-34(81-16-29(67-72-81)26-14-77(2)52(57)65-49(26)89)6-22-35(82-17-30(68-73-82)27-10-40(85)61-50(55)60-27)7-23-37(84-19-32(70-75-84)39-12-42(87)63-54(59)79(39)4)9-24-36(8-21(33)44-43(20)45(22)46(23)47(24)44)83-18-31(69-74-83)38-11-41(86)62-53(58)78(38)3/h5-19,55-59H,1-4H3,(H,60,61,85). The first-order valence-corrected chi connectivity index (χ1v) is 26.3. The van der Waals surface area contributed by atoms with Crippen LogP contribution in [-0.2, 0) is 28.2 Å². The Hall–Kier alpha value is -13.5. The predicted molar refractivity (Wildman–Crippen MR) is 314 cm³/mol. The Labute approximate surface area is 490 Å². The molecule has 6 aromatic carbocycles. The zero-order chi connectivity index (χ0) is 61.3. The van der Waals surface area contributed by atoms with Gasteiger partial charge in [-0.2, -0.15) is 19.9 Å². The molecule has 35 nitrogen and oxygen atoms in total. The number of hydrogen-bond donors (Lipinski definition) is 1. The molecule has 10 heterocycles. The van der Waals surface area contributed by atoms with Crippen molar-refractivity contribution >= 4 is 83.6 Å². The first kappa shape index (κ1) is 51.2. The Bertz CT molecular complexity index is 6030. The van der Waals surface area contributed by atoms with Crippen molar-refractivity contribution in [2.45, 2.75) is 0 Å². The van der Waals surface area contributed by atoms with Crippen LogP contribution in [0.3, 0.4) is 0 Å². The number of aromatic nitrogens is 25. The highest BCUT2D eigenvalue weighted by molar-refractivity contribution is 6.47. The highest BCUT2D eigenvalue weighted by Gasteiger charge is 2.32. The van der Waals surface area contributed by atoms with Gasteiger partial charge in [-0.3, -0.25) is 57.6 Å². The molecule has 16 rings (SSSR count). The maximum atomic E-state index is 13.5. The Morgan fingerprint density at radius 3 is 1.03 bits per heavy atom. The third-order valence-corrected chi connectivity index (χ3v) is 15.7. The van der Waals surface area contributed by atoms with Gasteiger partial charge in [0, 0.05) is 113 Å². The highest BCUT2D eigenvalue weighted by Crippen LogP contribution is 2.54. The van der Waals surface area contributed by atoms with Crippen LogP contribution in [0.1, 0.15) is 0 Å². The fourth-order valence-electron chi connectivity index (χ4n) is 11.5. The number of benzene rings is 5. The lowest BCUT2D eigenvalue weighted by atomic mass is 9.95. The molecule has 0 fully saturated rings. The van der Waals surface area contributed by atoms with Crippen LogP contribution in [0.15, 0.2) is 116 Å². The third-order valence-electron chi connectivity index (χ3n) is 15.7. The van der Waals surface area contributed by atoms with Gasteiger partial charge >= 0.3 is 0 Å². The second-order valence-corrected chi connectivity index (χ2v) is 20.8. The molecule has 0 atom stereocenters. The minimum atomic E-state index is -0.710. The molecule has 6 N–H and O–H groups in total. The van der Waals surface area contributed by atoms with E-state index in [1.807, 2.05) is 30.3 Å². The van der Waals surface area contributed by atoms with E-state index < -0.39 is 33.7 Å². The zero-order valence-corrected chi connectivity index (χ0v) is 45.9. The van der Waals surface area contributed by atoms with E-state index in [2.05, 4.69) is 81.5 Å². The molecule has 5 radical (unpaired) electrons. The summed E-state index contributed by atoms with van der Waals surface area (Å²) in [5, 5.41) is 51.6. The Balaban J connectivity index is 1.06. The van der Waals surface area contributed by atoms with Gasteiger partial charge in [0.25, 0.3) is 27.8 Å². The monoisotopic (exact) mass is 1180 g/mol. The number of aromatic amines is 1. The van der Waals surface area contributed by atoms with Crippen LogP contribution in [0.4, 0.5) is 29.7 Å². The van der Waals surface area contributed by atoms with Crippen LogP contribution in [0, 0.1) is 0 Å². The summed E-state index contributed by atoms with van der Waals surface area (Å²) in [5.74, 6) is -1.57. The van der Waals surface area contributed by atoms with E-state index in [4.69, 9.17) is 28.7 Å². The number of aryl methyl sites for hydroxylation is 2. The fraction of sp³-hybridized carbons (Fsp3) is 0.0741. The second-order valence-electron chi connectivity index (χ2n) is 20.8. The molecule has 10 aromatic heterocycles. The topological polar surface area (TPSA) is 458 Å². The van der Waals surface area contributed by atoms with Crippen molar-refractivity contribution in [3.8, 4) is 85.1 Å². The molecule has 0 spiro atoms. The van der Waals surface area contributed by atoms with Gasteiger partial charge in [-0.25, -0.2) is 28.4 Å². The lowest BCUT2D eigenvalue weighted by Crippen LogP contribution is -2.14. The van der Waals surface area contributed by atoms with E-state index >= 15 is 0 Å². The Morgan fingerprint density at radius 2 is 0.674 bits per heavy atom. The van der Waals surface area contributed by atoms with Gasteiger partial charge < -0.3 is 18.3 Å². The number of nitrogens with zero attached hydrogens (tertiary/aromatic N) is 24. The van der Waals surface area contributed by atoms with Gasteiger partial charge in [0.15, 0.2) is 0 Å². The maximum Gasteiger partial charge on any atom is 0.284 e. The molecule has 0 saturated carbocycles. The number of H-pyrrole nitrogens is 1. The first-order chi connectivity index (χ1) is 42.8. The third kappa shape index (κ3) is 7.57. The quantitative estimate of drug-likeness (QED) is 0.191. The van der Waals surface area contributed by atoms with Gasteiger partial charge in [0.1, 0.15) is 34.2 Å². The highest BCUT2D eigenvalue weighted by atomic mass is 16.1. The first-order valence-electron chi connectivity index (χ1n) is 26.3. The molecular formula is C54H33N30O5. The van der Waals surface area contributed by atoms with Gasteiger partial charge in [-0.15, -0.1) is 25.5 Å². The molecule has 0 saturated heterocycles. The van der Waals surface area contributed by atoms with E-state index in [9.17, 15) is 24.0 Å². The van der Waals surface area contributed by atoms with E-state index in [0.717, 1.165) is 0 Å². The molecule has 429 valence electrons. The fourth-order valence-corrected chi connectivity index (χ4v) is 11.5. The van der Waals surface area contributed by atoms with E-state index in [1.54, 1.807) is 59.2 Å². The average molecular weight is 1180 g/mol.